The van der Waals surface area contributed by atoms with Crippen LogP contribution < -0.4 is 0 Å². The minimum absolute atomic E-state index is 0.155. The van der Waals surface area contributed by atoms with E-state index in [1.54, 1.807) is 19.1 Å². The highest BCUT2D eigenvalue weighted by atomic mass is 32.2. The van der Waals surface area contributed by atoms with Crippen LogP contribution in [0.2, 0.25) is 0 Å². The molecular weight excluding hydrogens is 266 g/mol. The van der Waals surface area contributed by atoms with E-state index < -0.39 is 22.0 Å². The fourth-order valence-corrected chi connectivity index (χ4v) is 4.13. The lowest BCUT2D eigenvalue weighted by molar-refractivity contribution is -0.146. The molecule has 1 heterocycles. The molecule has 6 heteroatoms. The molecule has 1 aliphatic heterocycles. The lowest BCUT2D eigenvalue weighted by Crippen LogP contribution is -2.60. The quantitative estimate of drug-likeness (QED) is 0.908. The number of carboxylic acids is 1. The van der Waals surface area contributed by atoms with E-state index in [9.17, 15) is 13.2 Å². The SMILES string of the molecule is CCc1ccc(S(=O)(=O)N2C(C)CC2C(=O)O)cc1. The second kappa shape index (κ2) is 4.94. The fraction of sp³-hybridized carbons (Fsp3) is 0.462. The topological polar surface area (TPSA) is 74.7 Å². The van der Waals surface area contributed by atoms with Crippen molar-refractivity contribution < 1.29 is 18.3 Å². The number of sulfonamides is 1. The highest BCUT2D eigenvalue weighted by Crippen LogP contribution is 2.32. The molecule has 1 saturated heterocycles. The summed E-state index contributed by atoms with van der Waals surface area (Å²) in [6, 6.07) is 5.39. The molecule has 1 aromatic carbocycles. The van der Waals surface area contributed by atoms with Crippen molar-refractivity contribution in [2.75, 3.05) is 0 Å². The number of hydrogen-bond donors (Lipinski definition) is 1. The van der Waals surface area contributed by atoms with Crippen molar-refractivity contribution in [1.82, 2.24) is 4.31 Å². The van der Waals surface area contributed by atoms with Gasteiger partial charge in [-0.15, -0.1) is 0 Å². The molecule has 0 radical (unpaired) electrons. The van der Waals surface area contributed by atoms with Gasteiger partial charge >= 0.3 is 5.97 Å². The molecule has 0 aliphatic carbocycles. The van der Waals surface area contributed by atoms with Crippen molar-refractivity contribution in [2.24, 2.45) is 0 Å². The first-order valence-corrected chi connectivity index (χ1v) is 7.67. The van der Waals surface area contributed by atoms with E-state index in [0.29, 0.717) is 6.42 Å². The smallest absolute Gasteiger partial charge is 0.322 e. The van der Waals surface area contributed by atoms with Crippen molar-refractivity contribution in [3.8, 4) is 0 Å². The largest absolute Gasteiger partial charge is 0.480 e. The molecule has 1 N–H and O–H groups in total. The number of carboxylic acid groups (broad SMARTS) is 1. The molecule has 1 fully saturated rings. The minimum Gasteiger partial charge on any atom is -0.480 e. The summed E-state index contributed by atoms with van der Waals surface area (Å²) in [5.41, 5.74) is 1.05. The molecule has 19 heavy (non-hydrogen) atoms. The van der Waals surface area contributed by atoms with Gasteiger partial charge in [-0.2, -0.15) is 4.31 Å². The average molecular weight is 283 g/mol. The van der Waals surface area contributed by atoms with Gasteiger partial charge in [0.15, 0.2) is 0 Å². The van der Waals surface area contributed by atoms with Gasteiger partial charge in [0.05, 0.1) is 4.90 Å². The van der Waals surface area contributed by atoms with Crippen LogP contribution in [0.3, 0.4) is 0 Å². The highest BCUT2D eigenvalue weighted by molar-refractivity contribution is 7.89. The first-order valence-electron chi connectivity index (χ1n) is 6.23. The summed E-state index contributed by atoms with van der Waals surface area (Å²) < 4.78 is 25.9. The summed E-state index contributed by atoms with van der Waals surface area (Å²) in [5, 5.41) is 9.01. The van der Waals surface area contributed by atoms with Gasteiger partial charge in [-0.05, 0) is 37.5 Å². The van der Waals surface area contributed by atoms with Gasteiger partial charge in [0, 0.05) is 6.04 Å². The molecule has 5 nitrogen and oxygen atoms in total. The van der Waals surface area contributed by atoms with Crippen molar-refractivity contribution in [2.45, 2.75) is 43.7 Å². The summed E-state index contributed by atoms with van der Waals surface area (Å²) in [6.07, 6.45) is 1.19. The maximum Gasteiger partial charge on any atom is 0.322 e. The Morgan fingerprint density at radius 2 is 1.95 bits per heavy atom. The number of nitrogens with zero attached hydrogens (tertiary/aromatic N) is 1. The number of benzene rings is 1. The van der Waals surface area contributed by atoms with E-state index >= 15 is 0 Å². The number of carbonyl (C=O) groups is 1. The Hall–Kier alpha value is -1.40. The van der Waals surface area contributed by atoms with Crippen LogP contribution in [-0.4, -0.2) is 35.9 Å². The molecule has 0 bridgehead atoms. The standard InChI is InChI=1S/C13H17NO4S/c1-3-10-4-6-11(7-5-10)19(17,18)14-9(2)8-12(14)13(15)16/h4-7,9,12H,3,8H2,1-2H3,(H,15,16). The molecule has 0 amide bonds. The van der Waals surface area contributed by atoms with Gasteiger partial charge in [-0.1, -0.05) is 19.1 Å². The van der Waals surface area contributed by atoms with Crippen LogP contribution in [0.4, 0.5) is 0 Å². The predicted octanol–water partition coefficient (Wildman–Crippen LogP) is 1.49. The van der Waals surface area contributed by atoms with Gasteiger partial charge < -0.3 is 5.11 Å². The Balaban J connectivity index is 2.33. The molecule has 2 atom stereocenters. The Bertz CT molecular complexity index is 579. The first kappa shape index (κ1) is 14.0. The molecular formula is C13H17NO4S. The predicted molar refractivity (Wildman–Crippen MR) is 70.3 cm³/mol. The third-order valence-corrected chi connectivity index (χ3v) is 5.54. The first-order chi connectivity index (χ1) is 8.87. The van der Waals surface area contributed by atoms with Crippen LogP contribution in [0.25, 0.3) is 0 Å². The molecule has 2 unspecified atom stereocenters. The zero-order chi connectivity index (χ0) is 14.2. The Kier molecular flexibility index (Phi) is 3.64. The summed E-state index contributed by atoms with van der Waals surface area (Å²) >= 11 is 0. The van der Waals surface area contributed by atoms with Crippen molar-refractivity contribution in [3.63, 3.8) is 0 Å². The zero-order valence-electron chi connectivity index (χ0n) is 10.9. The number of aliphatic carboxylic acids is 1. The van der Waals surface area contributed by atoms with E-state index in [1.807, 2.05) is 6.92 Å². The van der Waals surface area contributed by atoms with Gasteiger partial charge in [-0.3, -0.25) is 4.79 Å². The van der Waals surface area contributed by atoms with Gasteiger partial charge in [-0.25, -0.2) is 8.42 Å². The van der Waals surface area contributed by atoms with E-state index in [1.165, 1.54) is 12.1 Å². The number of rotatable bonds is 4. The average Bonchev–Trinajstić information content (AvgIpc) is 2.35. The molecule has 104 valence electrons. The van der Waals surface area contributed by atoms with Gasteiger partial charge in [0.1, 0.15) is 6.04 Å². The van der Waals surface area contributed by atoms with E-state index in [2.05, 4.69) is 0 Å². The lowest BCUT2D eigenvalue weighted by Gasteiger charge is -2.42. The lowest BCUT2D eigenvalue weighted by atomic mass is 9.99. The monoisotopic (exact) mass is 283 g/mol. The van der Waals surface area contributed by atoms with E-state index in [0.717, 1.165) is 16.3 Å². The normalized spacial score (nSPS) is 23.9. The number of aryl methyl sites for hydroxylation is 1. The van der Waals surface area contributed by atoms with Gasteiger partial charge in [0.2, 0.25) is 10.0 Å². The third-order valence-electron chi connectivity index (χ3n) is 3.50. The Morgan fingerprint density at radius 3 is 2.37 bits per heavy atom. The number of hydrogen-bond acceptors (Lipinski definition) is 3. The second-order valence-electron chi connectivity index (χ2n) is 4.77. The van der Waals surface area contributed by atoms with Crippen molar-refractivity contribution in [1.29, 1.82) is 0 Å². The van der Waals surface area contributed by atoms with E-state index in [-0.39, 0.29) is 10.9 Å². The van der Waals surface area contributed by atoms with Crippen LogP contribution in [0.1, 0.15) is 25.8 Å². The maximum absolute atomic E-state index is 12.4. The van der Waals surface area contributed by atoms with Crippen LogP contribution >= 0.6 is 0 Å². The molecule has 1 aliphatic rings. The van der Waals surface area contributed by atoms with E-state index in [4.69, 9.17) is 5.11 Å². The molecule has 1 aromatic rings. The van der Waals surface area contributed by atoms with Crippen LogP contribution in [-0.2, 0) is 21.2 Å². The summed E-state index contributed by atoms with van der Waals surface area (Å²) in [5.74, 6) is -1.09. The molecule has 0 spiro atoms. The minimum atomic E-state index is -3.72. The summed E-state index contributed by atoms with van der Waals surface area (Å²) in [6.45, 7) is 3.71. The van der Waals surface area contributed by atoms with Crippen molar-refractivity contribution >= 4 is 16.0 Å². The molecule has 0 aromatic heterocycles. The summed E-state index contributed by atoms with van der Waals surface area (Å²) in [7, 11) is -3.72. The Labute approximate surface area is 112 Å². The third kappa shape index (κ3) is 2.37. The Morgan fingerprint density at radius 1 is 1.37 bits per heavy atom. The van der Waals surface area contributed by atoms with Crippen LogP contribution in [0.5, 0.6) is 0 Å². The van der Waals surface area contributed by atoms with Crippen LogP contribution in [0.15, 0.2) is 29.2 Å². The highest BCUT2D eigenvalue weighted by Gasteiger charge is 2.48. The van der Waals surface area contributed by atoms with Gasteiger partial charge in [0.25, 0.3) is 0 Å². The fourth-order valence-electron chi connectivity index (χ4n) is 2.33. The molecule has 2 rings (SSSR count). The van der Waals surface area contributed by atoms with Crippen molar-refractivity contribution in [3.05, 3.63) is 29.8 Å². The molecule has 0 saturated carbocycles. The zero-order valence-corrected chi connectivity index (χ0v) is 11.7. The maximum atomic E-state index is 12.4. The second-order valence-corrected chi connectivity index (χ2v) is 6.61. The van der Waals surface area contributed by atoms with Crippen LogP contribution in [0, 0.1) is 0 Å². The summed E-state index contributed by atoms with van der Waals surface area (Å²) in [4.78, 5) is 11.2.